The zero-order valence-corrected chi connectivity index (χ0v) is 9.00. The van der Waals surface area contributed by atoms with E-state index in [2.05, 4.69) is 6.58 Å². The lowest BCUT2D eigenvalue weighted by Crippen LogP contribution is -2.06. The first-order valence-corrected chi connectivity index (χ1v) is 4.75. The number of rotatable bonds is 5. The molecule has 0 amide bonds. The summed E-state index contributed by atoms with van der Waals surface area (Å²) in [5.74, 6) is -0.467. The van der Waals surface area contributed by atoms with Crippen LogP contribution in [-0.2, 0) is 0 Å². The first kappa shape index (κ1) is 12.4. The van der Waals surface area contributed by atoms with Crippen molar-refractivity contribution in [2.75, 3.05) is 13.2 Å². The Hall–Kier alpha value is -1.68. The van der Waals surface area contributed by atoms with Crippen LogP contribution in [0.4, 0.5) is 4.39 Å². The van der Waals surface area contributed by atoms with Crippen LogP contribution in [0.3, 0.4) is 0 Å². The largest absolute Gasteiger partial charge is 0.488 e. The van der Waals surface area contributed by atoms with Gasteiger partial charge in [-0.3, -0.25) is 4.79 Å². The van der Waals surface area contributed by atoms with Gasteiger partial charge in [-0.15, -0.1) is 0 Å². The molecule has 3 nitrogen and oxygen atoms in total. The quantitative estimate of drug-likeness (QED) is 0.614. The second kappa shape index (κ2) is 5.42. The zero-order chi connectivity index (χ0) is 12.1. The van der Waals surface area contributed by atoms with Gasteiger partial charge in [0.05, 0.1) is 12.2 Å². The Kier molecular flexibility index (Phi) is 4.19. The molecule has 0 fully saturated rings. The second-order valence-electron chi connectivity index (χ2n) is 3.39. The molecule has 0 unspecified atom stereocenters. The van der Waals surface area contributed by atoms with Crippen molar-refractivity contribution in [2.45, 2.75) is 6.92 Å². The van der Waals surface area contributed by atoms with E-state index in [1.165, 1.54) is 19.1 Å². The van der Waals surface area contributed by atoms with Gasteiger partial charge in [0.2, 0.25) is 0 Å². The number of hydrogen-bond donors (Lipinski definition) is 1. The maximum Gasteiger partial charge on any atom is 0.163 e. The third-order valence-corrected chi connectivity index (χ3v) is 1.98. The molecule has 1 N–H and O–H groups in total. The SMILES string of the molecule is C=C(CO)COc1ccc(F)cc1C(C)=O. The fourth-order valence-corrected chi connectivity index (χ4v) is 1.13. The number of ether oxygens (including phenoxy) is 1. The summed E-state index contributed by atoms with van der Waals surface area (Å²) in [6, 6.07) is 3.72. The Morgan fingerprint density at radius 3 is 2.81 bits per heavy atom. The first-order chi connectivity index (χ1) is 7.54. The van der Waals surface area contributed by atoms with Crippen LogP contribution in [-0.4, -0.2) is 24.1 Å². The van der Waals surface area contributed by atoms with E-state index in [1.807, 2.05) is 0 Å². The first-order valence-electron chi connectivity index (χ1n) is 4.75. The third-order valence-electron chi connectivity index (χ3n) is 1.98. The minimum atomic E-state index is -0.487. The van der Waals surface area contributed by atoms with Gasteiger partial charge in [-0.1, -0.05) is 6.58 Å². The van der Waals surface area contributed by atoms with Crippen LogP contribution in [0.15, 0.2) is 30.4 Å². The molecule has 0 bridgehead atoms. The van der Waals surface area contributed by atoms with Crippen molar-refractivity contribution in [3.8, 4) is 5.75 Å². The molecule has 0 aliphatic rings. The molecule has 0 heterocycles. The molecular weight excluding hydrogens is 211 g/mol. The van der Waals surface area contributed by atoms with Crippen molar-refractivity contribution < 1.29 is 19.0 Å². The van der Waals surface area contributed by atoms with Crippen molar-refractivity contribution in [3.05, 3.63) is 41.7 Å². The van der Waals surface area contributed by atoms with Crippen LogP contribution < -0.4 is 4.74 Å². The normalized spacial score (nSPS) is 9.94. The number of aliphatic hydroxyl groups is 1. The van der Waals surface area contributed by atoms with Crippen molar-refractivity contribution in [2.24, 2.45) is 0 Å². The van der Waals surface area contributed by atoms with Crippen LogP contribution in [0.1, 0.15) is 17.3 Å². The Morgan fingerprint density at radius 2 is 2.25 bits per heavy atom. The maximum absolute atomic E-state index is 12.9. The van der Waals surface area contributed by atoms with Gasteiger partial charge in [0.25, 0.3) is 0 Å². The van der Waals surface area contributed by atoms with Crippen LogP contribution >= 0.6 is 0 Å². The van der Waals surface area contributed by atoms with Gasteiger partial charge in [-0.05, 0) is 30.7 Å². The van der Waals surface area contributed by atoms with E-state index in [1.54, 1.807) is 0 Å². The third kappa shape index (κ3) is 3.17. The van der Waals surface area contributed by atoms with Crippen molar-refractivity contribution >= 4 is 5.78 Å². The van der Waals surface area contributed by atoms with Gasteiger partial charge in [-0.2, -0.15) is 0 Å². The number of hydrogen-bond acceptors (Lipinski definition) is 3. The lowest BCUT2D eigenvalue weighted by atomic mass is 10.1. The van der Waals surface area contributed by atoms with E-state index in [0.29, 0.717) is 11.3 Å². The van der Waals surface area contributed by atoms with E-state index in [-0.39, 0.29) is 24.6 Å². The predicted octanol–water partition coefficient (Wildman–Crippen LogP) is 1.96. The maximum atomic E-state index is 12.9. The second-order valence-corrected chi connectivity index (χ2v) is 3.39. The molecule has 4 heteroatoms. The molecular formula is C12H13FO3. The van der Waals surface area contributed by atoms with Gasteiger partial charge in [0, 0.05) is 0 Å². The van der Waals surface area contributed by atoms with Crippen molar-refractivity contribution in [1.29, 1.82) is 0 Å². The molecule has 0 spiro atoms. The molecule has 86 valence electrons. The summed E-state index contributed by atoms with van der Waals surface area (Å²) < 4.78 is 18.2. The molecule has 0 aliphatic carbocycles. The Balaban J connectivity index is 2.87. The molecule has 0 saturated heterocycles. The molecule has 1 rings (SSSR count). The van der Waals surface area contributed by atoms with Gasteiger partial charge < -0.3 is 9.84 Å². The minimum absolute atomic E-state index is 0.0996. The summed E-state index contributed by atoms with van der Waals surface area (Å²) >= 11 is 0. The highest BCUT2D eigenvalue weighted by Gasteiger charge is 2.10. The summed E-state index contributed by atoms with van der Waals surface area (Å²) in [5, 5.41) is 8.73. The molecule has 0 radical (unpaired) electrons. The van der Waals surface area contributed by atoms with Gasteiger partial charge in [-0.25, -0.2) is 4.39 Å². The van der Waals surface area contributed by atoms with Crippen molar-refractivity contribution in [1.82, 2.24) is 0 Å². The number of benzene rings is 1. The highest BCUT2D eigenvalue weighted by Crippen LogP contribution is 2.20. The lowest BCUT2D eigenvalue weighted by molar-refractivity contribution is 0.101. The van der Waals surface area contributed by atoms with Crippen LogP contribution in [0.2, 0.25) is 0 Å². The van der Waals surface area contributed by atoms with Crippen molar-refractivity contribution in [3.63, 3.8) is 0 Å². The monoisotopic (exact) mass is 224 g/mol. The van der Waals surface area contributed by atoms with E-state index >= 15 is 0 Å². The van der Waals surface area contributed by atoms with E-state index in [0.717, 1.165) is 6.07 Å². The fraction of sp³-hybridized carbons (Fsp3) is 0.250. The molecule has 16 heavy (non-hydrogen) atoms. The predicted molar refractivity (Wildman–Crippen MR) is 58.1 cm³/mol. The van der Waals surface area contributed by atoms with Crippen LogP contribution in [0, 0.1) is 5.82 Å². The lowest BCUT2D eigenvalue weighted by Gasteiger charge is -2.10. The summed E-state index contributed by atoms with van der Waals surface area (Å²) in [6.07, 6.45) is 0. The average molecular weight is 224 g/mol. The summed E-state index contributed by atoms with van der Waals surface area (Å²) in [7, 11) is 0. The summed E-state index contributed by atoms with van der Waals surface area (Å²) in [5.41, 5.74) is 0.671. The molecule has 0 aromatic heterocycles. The zero-order valence-electron chi connectivity index (χ0n) is 9.00. The van der Waals surface area contributed by atoms with Gasteiger partial charge in [0.1, 0.15) is 18.2 Å². The Labute approximate surface area is 93.2 Å². The molecule has 0 saturated carbocycles. The van der Waals surface area contributed by atoms with E-state index in [9.17, 15) is 9.18 Å². The molecule has 0 atom stereocenters. The average Bonchev–Trinajstić information content (AvgIpc) is 2.26. The van der Waals surface area contributed by atoms with Crippen LogP contribution in [0.5, 0.6) is 5.75 Å². The molecule has 0 aliphatic heterocycles. The van der Waals surface area contributed by atoms with Gasteiger partial charge in [0.15, 0.2) is 5.78 Å². The smallest absolute Gasteiger partial charge is 0.163 e. The number of carbonyl (C=O) groups is 1. The summed E-state index contributed by atoms with van der Waals surface area (Å²) in [4.78, 5) is 11.2. The Morgan fingerprint density at radius 1 is 1.56 bits per heavy atom. The number of Topliss-reactive ketones (excluding diaryl/α,β-unsaturated/α-hetero) is 1. The number of aliphatic hydroxyl groups excluding tert-OH is 1. The number of halogens is 1. The summed E-state index contributed by atoms with van der Waals surface area (Å²) in [6.45, 7) is 4.80. The minimum Gasteiger partial charge on any atom is -0.488 e. The van der Waals surface area contributed by atoms with E-state index < -0.39 is 5.82 Å². The number of ketones is 1. The van der Waals surface area contributed by atoms with Gasteiger partial charge >= 0.3 is 0 Å². The standard InChI is InChI=1S/C12H13FO3/c1-8(6-14)7-16-12-4-3-10(13)5-11(12)9(2)15/h3-5,14H,1,6-7H2,2H3. The van der Waals surface area contributed by atoms with E-state index in [4.69, 9.17) is 9.84 Å². The Bertz CT molecular complexity index is 413. The highest BCUT2D eigenvalue weighted by molar-refractivity contribution is 5.96. The topological polar surface area (TPSA) is 46.5 Å². The highest BCUT2D eigenvalue weighted by atomic mass is 19.1. The number of carbonyl (C=O) groups excluding carboxylic acids is 1. The van der Waals surface area contributed by atoms with Crippen LogP contribution in [0.25, 0.3) is 0 Å². The molecule has 1 aromatic rings. The fourth-order valence-electron chi connectivity index (χ4n) is 1.13. The molecule has 1 aromatic carbocycles.